The molecule has 0 spiro atoms. The Labute approximate surface area is 101 Å². The smallest absolute Gasteiger partial charge is 0.355 e. The summed E-state index contributed by atoms with van der Waals surface area (Å²) in [6, 6.07) is 0. The zero-order chi connectivity index (χ0) is 12.0. The lowest BCUT2D eigenvalue weighted by Crippen LogP contribution is -2.09. The van der Waals surface area contributed by atoms with Crippen LogP contribution in [0.15, 0.2) is 10.7 Å². The highest BCUT2D eigenvalue weighted by Crippen LogP contribution is 2.14. The van der Waals surface area contributed by atoms with Gasteiger partial charge in [0, 0.05) is 19.2 Å². The van der Waals surface area contributed by atoms with Gasteiger partial charge in [-0.1, -0.05) is 0 Å². The van der Waals surface area contributed by atoms with Crippen LogP contribution in [0.2, 0.25) is 0 Å². The minimum atomic E-state index is -1.09. The second-order valence-corrected chi connectivity index (χ2v) is 3.65. The van der Waals surface area contributed by atoms with Crippen molar-refractivity contribution in [2.45, 2.75) is 13.3 Å². The Morgan fingerprint density at radius 1 is 1.69 bits per heavy atom. The third-order valence-corrected chi connectivity index (χ3v) is 2.24. The van der Waals surface area contributed by atoms with Crippen LogP contribution in [0.1, 0.15) is 23.8 Å². The molecule has 0 saturated carbocycles. The second-order valence-electron chi connectivity index (χ2n) is 2.80. The SMILES string of the molecule is CC#CCCNc1ncc(Br)c(C(=O)O)n1. The van der Waals surface area contributed by atoms with Crippen molar-refractivity contribution < 1.29 is 9.90 Å². The zero-order valence-corrected chi connectivity index (χ0v) is 10.2. The molecular weight excluding hydrogens is 274 g/mol. The Balaban J connectivity index is 2.70. The quantitative estimate of drug-likeness (QED) is 0.651. The lowest BCUT2D eigenvalue weighted by molar-refractivity contribution is 0.0689. The maximum absolute atomic E-state index is 10.8. The summed E-state index contributed by atoms with van der Waals surface area (Å²) in [7, 11) is 0. The van der Waals surface area contributed by atoms with Gasteiger partial charge in [0.05, 0.1) is 4.47 Å². The van der Waals surface area contributed by atoms with Crippen molar-refractivity contribution in [3.63, 3.8) is 0 Å². The fourth-order valence-electron chi connectivity index (χ4n) is 0.964. The Bertz CT molecular complexity index is 451. The molecule has 6 heteroatoms. The van der Waals surface area contributed by atoms with Crippen LogP contribution < -0.4 is 5.32 Å². The molecule has 0 radical (unpaired) electrons. The van der Waals surface area contributed by atoms with E-state index in [0.717, 1.165) is 0 Å². The van der Waals surface area contributed by atoms with Crippen LogP contribution in [0, 0.1) is 11.8 Å². The van der Waals surface area contributed by atoms with Crippen LogP contribution in [0.5, 0.6) is 0 Å². The standard InChI is InChI=1S/C10H10BrN3O2/c1-2-3-4-5-12-10-13-6-7(11)8(14-10)9(15)16/h6H,4-5H2,1H3,(H,15,16)(H,12,13,14). The molecule has 1 heterocycles. The van der Waals surface area contributed by atoms with Gasteiger partial charge in [-0.05, 0) is 22.9 Å². The fraction of sp³-hybridized carbons (Fsp3) is 0.300. The second kappa shape index (κ2) is 6.08. The summed E-state index contributed by atoms with van der Waals surface area (Å²) < 4.78 is 0.360. The molecule has 0 bridgehead atoms. The van der Waals surface area contributed by atoms with Gasteiger partial charge in [0.25, 0.3) is 0 Å². The van der Waals surface area contributed by atoms with Gasteiger partial charge in [-0.25, -0.2) is 14.8 Å². The number of aromatic carboxylic acids is 1. The maximum atomic E-state index is 10.8. The fourth-order valence-corrected chi connectivity index (χ4v) is 1.32. The number of aromatic nitrogens is 2. The molecule has 0 saturated heterocycles. The van der Waals surface area contributed by atoms with Crippen molar-refractivity contribution in [2.75, 3.05) is 11.9 Å². The van der Waals surface area contributed by atoms with Crippen LogP contribution >= 0.6 is 15.9 Å². The molecule has 1 aromatic heterocycles. The van der Waals surface area contributed by atoms with Crippen molar-refractivity contribution in [3.8, 4) is 11.8 Å². The number of hydrogen-bond acceptors (Lipinski definition) is 4. The van der Waals surface area contributed by atoms with E-state index >= 15 is 0 Å². The maximum Gasteiger partial charge on any atom is 0.355 e. The molecule has 2 N–H and O–H groups in total. The number of halogens is 1. The first-order valence-electron chi connectivity index (χ1n) is 4.54. The summed E-state index contributed by atoms with van der Waals surface area (Å²) in [5.74, 6) is 4.83. The minimum absolute atomic E-state index is 0.0564. The third kappa shape index (κ3) is 3.51. The summed E-state index contributed by atoms with van der Waals surface area (Å²) >= 11 is 3.07. The molecule has 1 aromatic rings. The topological polar surface area (TPSA) is 75.1 Å². The highest BCUT2D eigenvalue weighted by atomic mass is 79.9. The number of carboxylic acids is 1. The molecule has 84 valence electrons. The van der Waals surface area contributed by atoms with Gasteiger partial charge in [0.15, 0.2) is 5.69 Å². The minimum Gasteiger partial charge on any atom is -0.476 e. The highest BCUT2D eigenvalue weighted by molar-refractivity contribution is 9.10. The van der Waals surface area contributed by atoms with Crippen LogP contribution in [-0.2, 0) is 0 Å². The first-order valence-corrected chi connectivity index (χ1v) is 5.33. The average Bonchev–Trinajstić information content (AvgIpc) is 2.26. The molecule has 0 aliphatic rings. The van der Waals surface area contributed by atoms with E-state index in [1.54, 1.807) is 6.92 Å². The van der Waals surface area contributed by atoms with Gasteiger partial charge in [-0.2, -0.15) is 0 Å². The van der Waals surface area contributed by atoms with E-state index in [1.807, 2.05) is 0 Å². The van der Waals surface area contributed by atoms with Gasteiger partial charge in [0.1, 0.15) is 0 Å². The van der Waals surface area contributed by atoms with E-state index in [1.165, 1.54) is 6.20 Å². The van der Waals surface area contributed by atoms with E-state index in [0.29, 0.717) is 23.4 Å². The molecule has 5 nitrogen and oxygen atoms in total. The van der Waals surface area contributed by atoms with E-state index in [-0.39, 0.29) is 5.69 Å². The molecule has 0 atom stereocenters. The van der Waals surface area contributed by atoms with Crippen molar-refractivity contribution in [3.05, 3.63) is 16.4 Å². The highest BCUT2D eigenvalue weighted by Gasteiger charge is 2.11. The van der Waals surface area contributed by atoms with Crippen molar-refractivity contribution in [2.24, 2.45) is 0 Å². The number of nitrogens with zero attached hydrogens (tertiary/aromatic N) is 2. The number of rotatable bonds is 4. The molecule has 0 fully saturated rings. The Hall–Kier alpha value is -1.61. The van der Waals surface area contributed by atoms with E-state index in [2.05, 4.69) is 43.1 Å². The predicted octanol–water partition coefficient (Wildman–Crippen LogP) is 1.76. The average molecular weight is 284 g/mol. The molecule has 0 aliphatic heterocycles. The number of carbonyl (C=O) groups is 1. The lowest BCUT2D eigenvalue weighted by atomic mass is 10.4. The molecule has 1 rings (SSSR count). The van der Waals surface area contributed by atoms with Gasteiger partial charge in [0.2, 0.25) is 5.95 Å². The summed E-state index contributed by atoms with van der Waals surface area (Å²) in [5.41, 5.74) is -0.0564. The van der Waals surface area contributed by atoms with Gasteiger partial charge < -0.3 is 10.4 Å². The Morgan fingerprint density at radius 3 is 3.06 bits per heavy atom. The normalized spacial score (nSPS) is 9.12. The summed E-state index contributed by atoms with van der Waals surface area (Å²) in [6.45, 7) is 2.35. The van der Waals surface area contributed by atoms with Crippen LogP contribution in [0.25, 0.3) is 0 Å². The number of hydrogen-bond donors (Lipinski definition) is 2. The van der Waals surface area contributed by atoms with Gasteiger partial charge in [-0.15, -0.1) is 11.8 Å². The Morgan fingerprint density at radius 2 is 2.44 bits per heavy atom. The summed E-state index contributed by atoms with van der Waals surface area (Å²) in [4.78, 5) is 18.6. The zero-order valence-electron chi connectivity index (χ0n) is 8.62. The predicted molar refractivity (Wildman–Crippen MR) is 63.2 cm³/mol. The van der Waals surface area contributed by atoms with Crippen molar-refractivity contribution in [1.82, 2.24) is 9.97 Å². The van der Waals surface area contributed by atoms with Crippen molar-refractivity contribution in [1.29, 1.82) is 0 Å². The van der Waals surface area contributed by atoms with E-state index in [9.17, 15) is 4.79 Å². The third-order valence-electron chi connectivity index (χ3n) is 1.66. The van der Waals surface area contributed by atoms with Gasteiger partial charge >= 0.3 is 5.97 Å². The molecule has 0 unspecified atom stereocenters. The van der Waals surface area contributed by atoms with Crippen LogP contribution in [0.3, 0.4) is 0 Å². The first-order chi connectivity index (χ1) is 7.65. The lowest BCUT2D eigenvalue weighted by Gasteiger charge is -2.03. The molecular formula is C10H10BrN3O2. The summed E-state index contributed by atoms with van der Waals surface area (Å²) in [5, 5.41) is 11.7. The summed E-state index contributed by atoms with van der Waals surface area (Å²) in [6.07, 6.45) is 2.07. The molecule has 0 amide bonds. The molecule has 0 aliphatic carbocycles. The van der Waals surface area contributed by atoms with E-state index < -0.39 is 5.97 Å². The van der Waals surface area contributed by atoms with Crippen LogP contribution in [0.4, 0.5) is 5.95 Å². The van der Waals surface area contributed by atoms with Crippen molar-refractivity contribution >= 4 is 27.8 Å². The molecule has 16 heavy (non-hydrogen) atoms. The first kappa shape index (κ1) is 12.5. The number of anilines is 1. The Kier molecular flexibility index (Phi) is 4.73. The number of nitrogens with one attached hydrogen (secondary N) is 1. The van der Waals surface area contributed by atoms with Gasteiger partial charge in [-0.3, -0.25) is 0 Å². The number of carboxylic acid groups (broad SMARTS) is 1. The monoisotopic (exact) mass is 283 g/mol. The molecule has 0 aromatic carbocycles. The van der Waals surface area contributed by atoms with Crippen LogP contribution in [-0.4, -0.2) is 27.6 Å². The van der Waals surface area contributed by atoms with E-state index in [4.69, 9.17) is 5.11 Å². The largest absolute Gasteiger partial charge is 0.476 e.